The van der Waals surface area contributed by atoms with Crippen molar-refractivity contribution in [1.82, 2.24) is 0 Å². The molecule has 1 N–H and O–H groups in total. The predicted octanol–water partition coefficient (Wildman–Crippen LogP) is 3.56. The Bertz CT molecular complexity index is 597. The van der Waals surface area contributed by atoms with Gasteiger partial charge in [-0.25, -0.2) is 4.79 Å². The van der Waals surface area contributed by atoms with Gasteiger partial charge in [0.25, 0.3) is 0 Å². The van der Waals surface area contributed by atoms with Crippen LogP contribution in [0.5, 0.6) is 5.75 Å². The van der Waals surface area contributed by atoms with E-state index in [0.29, 0.717) is 0 Å². The maximum atomic E-state index is 13.9. The third kappa shape index (κ3) is 3.12. The topological polar surface area (TPSA) is 46.5 Å². The highest BCUT2D eigenvalue weighted by atomic mass is 19.3. The van der Waals surface area contributed by atoms with E-state index in [9.17, 15) is 13.6 Å². The lowest BCUT2D eigenvalue weighted by molar-refractivity contribution is -0.0469. The molecule has 104 valence electrons. The van der Waals surface area contributed by atoms with Crippen molar-refractivity contribution >= 4 is 5.97 Å². The number of carboxylic acids is 1. The summed E-state index contributed by atoms with van der Waals surface area (Å²) in [6, 6.07) is 12.9. The fraction of sp³-hybridized carbons (Fsp3) is 0.133. The number of aromatic carboxylic acids is 1. The lowest BCUT2D eigenvalue weighted by Gasteiger charge is -2.18. The number of carboxylic acid groups (broad SMARTS) is 1. The quantitative estimate of drug-likeness (QED) is 0.909. The molecule has 0 bridgehead atoms. The molecule has 0 atom stereocenters. The molecule has 0 radical (unpaired) electrons. The Morgan fingerprint density at radius 2 is 1.65 bits per heavy atom. The van der Waals surface area contributed by atoms with Crippen LogP contribution in [0.1, 0.15) is 15.9 Å². The summed E-state index contributed by atoms with van der Waals surface area (Å²) < 4.78 is 32.8. The van der Waals surface area contributed by atoms with Crippen LogP contribution in [-0.4, -0.2) is 17.7 Å². The average molecular weight is 278 g/mol. The summed E-state index contributed by atoms with van der Waals surface area (Å²) in [6.45, 7) is -0.915. The molecule has 0 aromatic heterocycles. The second kappa shape index (κ2) is 5.69. The first-order valence-electron chi connectivity index (χ1n) is 5.89. The molecule has 5 heteroatoms. The van der Waals surface area contributed by atoms with E-state index in [-0.39, 0.29) is 16.9 Å². The fourth-order valence-corrected chi connectivity index (χ4v) is 1.70. The summed E-state index contributed by atoms with van der Waals surface area (Å²) in [5.74, 6) is -4.48. The van der Waals surface area contributed by atoms with Gasteiger partial charge in [-0.1, -0.05) is 42.5 Å². The van der Waals surface area contributed by atoms with E-state index >= 15 is 0 Å². The largest absolute Gasteiger partial charge is 0.486 e. The molecule has 2 aromatic carbocycles. The molecule has 0 heterocycles. The van der Waals surface area contributed by atoms with Crippen LogP contribution in [0.3, 0.4) is 0 Å². The maximum Gasteiger partial charge on any atom is 0.339 e. The number of hydrogen-bond acceptors (Lipinski definition) is 2. The van der Waals surface area contributed by atoms with Crippen molar-refractivity contribution in [3.8, 4) is 5.75 Å². The van der Waals surface area contributed by atoms with Gasteiger partial charge in [0.05, 0.1) is 0 Å². The molecule has 2 aromatic rings. The number of ether oxygens (including phenoxy) is 1. The Balaban J connectivity index is 2.15. The highest BCUT2D eigenvalue weighted by Gasteiger charge is 2.32. The summed E-state index contributed by atoms with van der Waals surface area (Å²) in [5.41, 5.74) is -0.316. The lowest BCUT2D eigenvalue weighted by Crippen LogP contribution is -2.23. The molecule has 0 aliphatic rings. The predicted molar refractivity (Wildman–Crippen MR) is 69.2 cm³/mol. The zero-order valence-corrected chi connectivity index (χ0v) is 10.4. The van der Waals surface area contributed by atoms with Crippen LogP contribution in [0.4, 0.5) is 8.78 Å². The van der Waals surface area contributed by atoms with E-state index < -0.39 is 18.5 Å². The van der Waals surface area contributed by atoms with Crippen LogP contribution in [0.15, 0.2) is 54.6 Å². The standard InChI is InChI=1S/C15H12F2O3/c16-15(17,11-6-2-1-3-7-11)10-20-13-9-5-4-8-12(13)14(18)19/h1-9H,10H2,(H,18,19). The van der Waals surface area contributed by atoms with Crippen LogP contribution in [0.25, 0.3) is 0 Å². The summed E-state index contributed by atoms with van der Waals surface area (Å²) in [7, 11) is 0. The molecular formula is C15H12F2O3. The first-order valence-corrected chi connectivity index (χ1v) is 5.89. The zero-order valence-electron chi connectivity index (χ0n) is 10.4. The van der Waals surface area contributed by atoms with Gasteiger partial charge < -0.3 is 9.84 Å². The summed E-state index contributed by atoms with van der Waals surface area (Å²) in [6.07, 6.45) is 0. The second-order valence-corrected chi connectivity index (χ2v) is 4.16. The normalized spacial score (nSPS) is 11.1. The number of carbonyl (C=O) groups is 1. The molecule has 20 heavy (non-hydrogen) atoms. The Labute approximate surface area is 114 Å². The van der Waals surface area contributed by atoms with E-state index in [1.54, 1.807) is 6.07 Å². The van der Waals surface area contributed by atoms with Crippen molar-refractivity contribution in [3.05, 3.63) is 65.7 Å². The molecule has 0 spiro atoms. The van der Waals surface area contributed by atoms with E-state index in [1.165, 1.54) is 48.5 Å². The smallest absolute Gasteiger partial charge is 0.339 e. The maximum absolute atomic E-state index is 13.9. The number of alkyl halides is 2. The van der Waals surface area contributed by atoms with Gasteiger partial charge >= 0.3 is 11.9 Å². The molecule has 0 saturated heterocycles. The van der Waals surface area contributed by atoms with Crippen LogP contribution < -0.4 is 4.74 Å². The van der Waals surface area contributed by atoms with Gasteiger partial charge in [0, 0.05) is 5.56 Å². The molecule has 0 aliphatic heterocycles. The number of hydrogen-bond donors (Lipinski definition) is 1. The molecule has 3 nitrogen and oxygen atoms in total. The van der Waals surface area contributed by atoms with Gasteiger partial charge in [-0.05, 0) is 12.1 Å². The minimum atomic E-state index is -3.19. The number of benzene rings is 2. The van der Waals surface area contributed by atoms with Crippen molar-refractivity contribution in [1.29, 1.82) is 0 Å². The summed E-state index contributed by atoms with van der Waals surface area (Å²) in [4.78, 5) is 10.9. The molecule has 0 aliphatic carbocycles. The first-order chi connectivity index (χ1) is 9.50. The van der Waals surface area contributed by atoms with E-state index in [0.717, 1.165) is 0 Å². The van der Waals surface area contributed by atoms with Crippen LogP contribution >= 0.6 is 0 Å². The lowest BCUT2D eigenvalue weighted by atomic mass is 10.1. The average Bonchev–Trinajstić information content (AvgIpc) is 2.46. The Hall–Kier alpha value is -2.43. The van der Waals surface area contributed by atoms with Gasteiger partial charge in [0.1, 0.15) is 11.3 Å². The van der Waals surface area contributed by atoms with Gasteiger partial charge in [0.15, 0.2) is 6.61 Å². The Kier molecular flexibility index (Phi) is 3.98. The van der Waals surface area contributed by atoms with Crippen LogP contribution in [0, 0.1) is 0 Å². The van der Waals surface area contributed by atoms with Crippen LogP contribution in [-0.2, 0) is 5.92 Å². The Morgan fingerprint density at radius 1 is 1.05 bits per heavy atom. The van der Waals surface area contributed by atoms with Crippen molar-refractivity contribution in [2.75, 3.05) is 6.61 Å². The van der Waals surface area contributed by atoms with Gasteiger partial charge in [-0.15, -0.1) is 0 Å². The van der Waals surface area contributed by atoms with Gasteiger partial charge in [0.2, 0.25) is 0 Å². The third-order valence-corrected chi connectivity index (χ3v) is 2.72. The number of rotatable bonds is 5. The fourth-order valence-electron chi connectivity index (χ4n) is 1.70. The third-order valence-electron chi connectivity index (χ3n) is 2.72. The molecule has 2 rings (SSSR count). The SMILES string of the molecule is O=C(O)c1ccccc1OCC(F)(F)c1ccccc1. The van der Waals surface area contributed by atoms with Gasteiger partial charge in [-0.2, -0.15) is 8.78 Å². The van der Waals surface area contributed by atoms with Crippen molar-refractivity contribution < 1.29 is 23.4 Å². The highest BCUT2D eigenvalue weighted by Crippen LogP contribution is 2.29. The Morgan fingerprint density at radius 3 is 2.30 bits per heavy atom. The minimum absolute atomic E-state index is 0.0735. The van der Waals surface area contributed by atoms with Gasteiger partial charge in [-0.3, -0.25) is 0 Å². The van der Waals surface area contributed by atoms with Crippen molar-refractivity contribution in [2.24, 2.45) is 0 Å². The van der Waals surface area contributed by atoms with Crippen molar-refractivity contribution in [3.63, 3.8) is 0 Å². The van der Waals surface area contributed by atoms with Crippen LogP contribution in [0.2, 0.25) is 0 Å². The van der Waals surface area contributed by atoms with E-state index in [4.69, 9.17) is 9.84 Å². The summed E-state index contributed by atoms with van der Waals surface area (Å²) in [5, 5.41) is 8.94. The van der Waals surface area contributed by atoms with E-state index in [2.05, 4.69) is 0 Å². The molecule has 0 amide bonds. The molecule has 0 fully saturated rings. The molecule has 0 unspecified atom stereocenters. The number of para-hydroxylation sites is 1. The molecular weight excluding hydrogens is 266 g/mol. The van der Waals surface area contributed by atoms with E-state index in [1.807, 2.05) is 0 Å². The zero-order chi connectivity index (χ0) is 14.6. The minimum Gasteiger partial charge on any atom is -0.486 e. The number of halogens is 2. The molecule has 0 saturated carbocycles. The second-order valence-electron chi connectivity index (χ2n) is 4.16. The summed E-state index contributed by atoms with van der Waals surface area (Å²) >= 11 is 0. The monoisotopic (exact) mass is 278 g/mol. The van der Waals surface area contributed by atoms with Crippen molar-refractivity contribution in [2.45, 2.75) is 5.92 Å². The first kappa shape index (κ1) is 14.0. The highest BCUT2D eigenvalue weighted by molar-refractivity contribution is 5.90.